The minimum absolute atomic E-state index is 0.783. The van der Waals surface area contributed by atoms with Gasteiger partial charge in [-0.1, -0.05) is 66.2 Å². The number of rotatable bonds is 4. The lowest BCUT2D eigenvalue weighted by Gasteiger charge is -2.07. The van der Waals surface area contributed by atoms with E-state index in [1.54, 1.807) is 7.11 Å². The van der Waals surface area contributed by atoms with Crippen molar-refractivity contribution in [1.29, 1.82) is 0 Å². The van der Waals surface area contributed by atoms with Crippen molar-refractivity contribution in [3.63, 3.8) is 0 Å². The Morgan fingerprint density at radius 1 is 0.773 bits per heavy atom. The van der Waals surface area contributed by atoms with E-state index in [4.69, 9.17) is 16.3 Å². The first-order valence-corrected chi connectivity index (χ1v) is 7.61. The Kier molecular flexibility index (Phi) is 4.45. The second-order valence-electron chi connectivity index (χ2n) is 5.20. The van der Waals surface area contributed by atoms with Gasteiger partial charge in [-0.2, -0.15) is 0 Å². The molecule has 1 nitrogen and oxygen atoms in total. The van der Waals surface area contributed by atoms with Gasteiger partial charge in [-0.3, -0.25) is 0 Å². The van der Waals surface area contributed by atoms with Crippen molar-refractivity contribution in [2.24, 2.45) is 0 Å². The van der Waals surface area contributed by atoms with E-state index in [1.807, 2.05) is 36.4 Å². The molecule has 0 radical (unpaired) electrons. The Morgan fingerprint density at radius 3 is 1.95 bits per heavy atom. The number of benzene rings is 3. The van der Waals surface area contributed by atoms with Crippen LogP contribution >= 0.6 is 11.6 Å². The summed E-state index contributed by atoms with van der Waals surface area (Å²) in [5.74, 6) is 0.887. The van der Waals surface area contributed by atoms with Crippen LogP contribution < -0.4 is 4.74 Å². The molecule has 0 saturated carbocycles. The third-order valence-electron chi connectivity index (χ3n) is 3.71. The van der Waals surface area contributed by atoms with Crippen molar-refractivity contribution in [3.05, 3.63) is 88.9 Å². The molecule has 0 unspecified atom stereocenters. The van der Waals surface area contributed by atoms with E-state index < -0.39 is 0 Å². The highest BCUT2D eigenvalue weighted by Gasteiger charge is 2.03. The zero-order valence-corrected chi connectivity index (χ0v) is 13.2. The Labute approximate surface area is 136 Å². The molecule has 0 N–H and O–H groups in total. The van der Waals surface area contributed by atoms with Gasteiger partial charge in [0.2, 0.25) is 0 Å². The number of methoxy groups -OCH3 is 1. The number of hydrogen-bond acceptors (Lipinski definition) is 1. The summed E-state index contributed by atoms with van der Waals surface area (Å²) < 4.78 is 5.18. The summed E-state index contributed by atoms with van der Waals surface area (Å²) >= 11 is 6.25. The molecule has 0 aliphatic heterocycles. The summed E-state index contributed by atoms with van der Waals surface area (Å²) in [5.41, 5.74) is 4.76. The molecule has 0 heterocycles. The van der Waals surface area contributed by atoms with E-state index in [2.05, 4.69) is 36.4 Å². The summed E-state index contributed by atoms with van der Waals surface area (Å²) in [5, 5.41) is 0.783. The van der Waals surface area contributed by atoms with Gasteiger partial charge in [-0.25, -0.2) is 0 Å². The maximum atomic E-state index is 6.25. The second kappa shape index (κ2) is 6.67. The molecule has 0 atom stereocenters. The average molecular weight is 309 g/mol. The summed E-state index contributed by atoms with van der Waals surface area (Å²) in [7, 11) is 1.68. The Bertz CT molecular complexity index is 745. The van der Waals surface area contributed by atoms with Gasteiger partial charge in [0, 0.05) is 10.6 Å². The van der Waals surface area contributed by atoms with Crippen LogP contribution in [0.2, 0.25) is 5.02 Å². The van der Waals surface area contributed by atoms with Crippen molar-refractivity contribution >= 4 is 11.6 Å². The molecule has 0 amide bonds. The average Bonchev–Trinajstić information content (AvgIpc) is 2.57. The van der Waals surface area contributed by atoms with E-state index in [9.17, 15) is 0 Å². The Hall–Kier alpha value is -2.25. The molecule has 3 rings (SSSR count). The molecule has 0 saturated heterocycles. The van der Waals surface area contributed by atoms with Crippen molar-refractivity contribution in [1.82, 2.24) is 0 Å². The minimum Gasteiger partial charge on any atom is -0.497 e. The first kappa shape index (κ1) is 14.7. The first-order chi connectivity index (χ1) is 10.8. The third-order valence-corrected chi connectivity index (χ3v) is 4.04. The van der Waals surface area contributed by atoms with Crippen molar-refractivity contribution in [2.75, 3.05) is 7.11 Å². The number of hydrogen-bond donors (Lipinski definition) is 0. The fraction of sp³-hybridized carbons (Fsp3) is 0.100. The van der Waals surface area contributed by atoms with Gasteiger partial charge in [0.15, 0.2) is 0 Å². The normalized spacial score (nSPS) is 10.5. The summed E-state index contributed by atoms with van der Waals surface area (Å²) in [4.78, 5) is 0. The Morgan fingerprint density at radius 2 is 1.36 bits per heavy atom. The smallest absolute Gasteiger partial charge is 0.118 e. The number of halogens is 1. The topological polar surface area (TPSA) is 9.23 Å². The van der Waals surface area contributed by atoms with Gasteiger partial charge >= 0.3 is 0 Å². The van der Waals surface area contributed by atoms with Crippen molar-refractivity contribution in [3.8, 4) is 16.9 Å². The lowest BCUT2D eigenvalue weighted by atomic mass is 10.0. The van der Waals surface area contributed by atoms with Gasteiger partial charge in [0.1, 0.15) is 5.75 Å². The van der Waals surface area contributed by atoms with Crippen LogP contribution in [-0.4, -0.2) is 7.11 Å². The molecule has 0 spiro atoms. The van der Waals surface area contributed by atoms with Crippen LogP contribution in [-0.2, 0) is 6.42 Å². The molecule has 0 fully saturated rings. The lowest BCUT2D eigenvalue weighted by Crippen LogP contribution is -1.89. The molecule has 110 valence electrons. The van der Waals surface area contributed by atoms with Gasteiger partial charge in [0.25, 0.3) is 0 Å². The maximum absolute atomic E-state index is 6.25. The summed E-state index contributed by atoms with van der Waals surface area (Å²) in [6, 6.07) is 24.7. The van der Waals surface area contributed by atoms with Crippen molar-refractivity contribution in [2.45, 2.75) is 6.42 Å². The van der Waals surface area contributed by atoms with Crippen LogP contribution in [0.3, 0.4) is 0 Å². The maximum Gasteiger partial charge on any atom is 0.118 e. The van der Waals surface area contributed by atoms with E-state index in [0.717, 1.165) is 28.3 Å². The quantitative estimate of drug-likeness (QED) is 0.609. The second-order valence-corrected chi connectivity index (χ2v) is 5.61. The molecular weight excluding hydrogens is 292 g/mol. The summed E-state index contributed by atoms with van der Waals surface area (Å²) in [6.07, 6.45) is 0.910. The van der Waals surface area contributed by atoms with Crippen LogP contribution in [0.1, 0.15) is 11.1 Å². The SMILES string of the molecule is COc1ccc(Cc2ccc(-c3ccccc3Cl)cc2)cc1. The van der Waals surface area contributed by atoms with Gasteiger partial charge in [-0.05, 0) is 41.3 Å². The minimum atomic E-state index is 0.783. The summed E-state index contributed by atoms with van der Waals surface area (Å²) in [6.45, 7) is 0. The molecule has 22 heavy (non-hydrogen) atoms. The van der Waals surface area contributed by atoms with Crippen LogP contribution in [0.25, 0.3) is 11.1 Å². The zero-order chi connectivity index (χ0) is 15.4. The van der Waals surface area contributed by atoms with E-state index in [-0.39, 0.29) is 0 Å². The van der Waals surface area contributed by atoms with Gasteiger partial charge in [0.05, 0.1) is 7.11 Å². The molecular formula is C20H17ClO. The van der Waals surface area contributed by atoms with Crippen LogP contribution in [0, 0.1) is 0 Å². The fourth-order valence-corrected chi connectivity index (χ4v) is 2.72. The highest BCUT2D eigenvalue weighted by atomic mass is 35.5. The largest absolute Gasteiger partial charge is 0.497 e. The van der Waals surface area contributed by atoms with Crippen LogP contribution in [0.15, 0.2) is 72.8 Å². The molecule has 0 aliphatic rings. The third kappa shape index (κ3) is 3.32. The molecule has 2 heteroatoms. The number of ether oxygens (including phenoxy) is 1. The van der Waals surface area contributed by atoms with Gasteiger partial charge < -0.3 is 4.74 Å². The highest BCUT2D eigenvalue weighted by Crippen LogP contribution is 2.28. The zero-order valence-electron chi connectivity index (χ0n) is 12.4. The van der Waals surface area contributed by atoms with E-state index in [0.29, 0.717) is 0 Å². The van der Waals surface area contributed by atoms with Crippen LogP contribution in [0.4, 0.5) is 0 Å². The van der Waals surface area contributed by atoms with Crippen LogP contribution in [0.5, 0.6) is 5.75 Å². The van der Waals surface area contributed by atoms with Gasteiger partial charge in [-0.15, -0.1) is 0 Å². The molecule has 0 aromatic heterocycles. The lowest BCUT2D eigenvalue weighted by molar-refractivity contribution is 0.414. The standard InChI is InChI=1S/C20H17ClO/c1-22-18-12-8-16(9-13-18)14-15-6-10-17(11-7-15)19-4-2-3-5-20(19)21/h2-13H,14H2,1H3. The molecule has 0 aliphatic carbocycles. The van der Waals surface area contributed by atoms with Crippen molar-refractivity contribution < 1.29 is 4.74 Å². The molecule has 3 aromatic rings. The Balaban J connectivity index is 1.78. The van der Waals surface area contributed by atoms with E-state index >= 15 is 0 Å². The predicted octanol–water partition coefficient (Wildman–Crippen LogP) is 5.61. The molecule has 3 aromatic carbocycles. The molecule has 0 bridgehead atoms. The monoisotopic (exact) mass is 308 g/mol. The predicted molar refractivity (Wildman–Crippen MR) is 92.7 cm³/mol. The fourth-order valence-electron chi connectivity index (χ4n) is 2.48. The van der Waals surface area contributed by atoms with E-state index in [1.165, 1.54) is 11.1 Å². The first-order valence-electron chi connectivity index (χ1n) is 7.23. The highest BCUT2D eigenvalue weighted by molar-refractivity contribution is 6.33.